The van der Waals surface area contributed by atoms with Crippen molar-refractivity contribution >= 4 is 5.91 Å². The highest BCUT2D eigenvalue weighted by molar-refractivity contribution is 5.94. The van der Waals surface area contributed by atoms with Gasteiger partial charge in [0.05, 0.1) is 18.7 Å². The summed E-state index contributed by atoms with van der Waals surface area (Å²) in [5, 5.41) is 8.56. The van der Waals surface area contributed by atoms with Crippen LogP contribution in [0.5, 0.6) is 5.75 Å². The van der Waals surface area contributed by atoms with Gasteiger partial charge in [0, 0.05) is 12.6 Å². The number of hydrogen-bond acceptors (Lipinski definition) is 3. The molecule has 0 fully saturated rings. The molecule has 0 aliphatic heterocycles. The van der Waals surface area contributed by atoms with Crippen LogP contribution < -0.4 is 4.74 Å². The topological polar surface area (TPSA) is 53.3 Å². The molecule has 0 atom stereocenters. The minimum Gasteiger partial charge on any atom is -0.497 e. The monoisotopic (exact) mass is 236 g/mol. The molecule has 1 aromatic rings. The van der Waals surface area contributed by atoms with Crippen molar-refractivity contribution in [2.45, 2.75) is 6.92 Å². The lowest BCUT2D eigenvalue weighted by atomic mass is 10.1. The molecular weight excluding hydrogens is 223 g/mol. The van der Waals surface area contributed by atoms with Crippen molar-refractivity contribution in [2.75, 3.05) is 20.2 Å². The number of hydrogen-bond donors (Lipinski definition) is 0. The van der Waals surface area contributed by atoms with Gasteiger partial charge < -0.3 is 9.64 Å². The van der Waals surface area contributed by atoms with Gasteiger partial charge in [-0.05, 0) is 19.1 Å². The van der Waals surface area contributed by atoms with Gasteiger partial charge in [0.15, 0.2) is 0 Å². The molecular formula is C12H13FN2O2. The van der Waals surface area contributed by atoms with Crippen LogP contribution in [0.25, 0.3) is 0 Å². The number of nitriles is 1. The fourth-order valence-electron chi connectivity index (χ4n) is 1.38. The van der Waals surface area contributed by atoms with Gasteiger partial charge >= 0.3 is 0 Å². The van der Waals surface area contributed by atoms with Crippen LogP contribution in [-0.2, 0) is 0 Å². The second kappa shape index (κ2) is 5.85. The van der Waals surface area contributed by atoms with Crippen LogP contribution in [0.2, 0.25) is 0 Å². The fraction of sp³-hybridized carbons (Fsp3) is 0.333. The first-order chi connectivity index (χ1) is 8.13. The summed E-state index contributed by atoms with van der Waals surface area (Å²) in [6, 6.07) is 5.88. The summed E-state index contributed by atoms with van der Waals surface area (Å²) >= 11 is 0. The van der Waals surface area contributed by atoms with E-state index in [9.17, 15) is 9.18 Å². The number of methoxy groups -OCH3 is 1. The van der Waals surface area contributed by atoms with Gasteiger partial charge in [-0.1, -0.05) is 0 Å². The molecule has 0 unspecified atom stereocenters. The molecule has 4 nitrogen and oxygen atoms in total. The highest BCUT2D eigenvalue weighted by atomic mass is 19.1. The maximum atomic E-state index is 13.6. The summed E-state index contributed by atoms with van der Waals surface area (Å²) in [7, 11) is 1.42. The number of amides is 1. The normalized spacial score (nSPS) is 9.53. The van der Waals surface area contributed by atoms with Crippen LogP contribution in [0.3, 0.4) is 0 Å². The van der Waals surface area contributed by atoms with E-state index in [1.165, 1.54) is 24.1 Å². The molecule has 1 aromatic carbocycles. The third kappa shape index (κ3) is 2.94. The van der Waals surface area contributed by atoms with Crippen LogP contribution in [0, 0.1) is 17.1 Å². The Kier molecular flexibility index (Phi) is 4.46. The van der Waals surface area contributed by atoms with E-state index in [2.05, 4.69) is 0 Å². The van der Waals surface area contributed by atoms with Crippen molar-refractivity contribution in [3.05, 3.63) is 29.6 Å². The Balaban J connectivity index is 3.00. The van der Waals surface area contributed by atoms with Gasteiger partial charge in [-0.25, -0.2) is 4.39 Å². The number of nitrogens with zero attached hydrogens (tertiary/aromatic N) is 2. The molecule has 5 heteroatoms. The molecule has 1 rings (SSSR count). The molecule has 90 valence electrons. The quantitative estimate of drug-likeness (QED) is 0.749. The SMILES string of the molecule is CCN(CC#N)C(=O)c1ccc(OC)cc1F. The molecule has 0 heterocycles. The van der Waals surface area contributed by atoms with Crippen molar-refractivity contribution in [3.63, 3.8) is 0 Å². The van der Waals surface area contributed by atoms with Crippen LogP contribution in [-0.4, -0.2) is 31.0 Å². The Morgan fingerprint density at radius 3 is 2.76 bits per heavy atom. The van der Waals surface area contributed by atoms with E-state index in [-0.39, 0.29) is 12.1 Å². The summed E-state index contributed by atoms with van der Waals surface area (Å²) in [6.45, 7) is 2.04. The number of carbonyl (C=O) groups is 1. The molecule has 0 radical (unpaired) electrons. The molecule has 0 aliphatic carbocycles. The summed E-state index contributed by atoms with van der Waals surface area (Å²) < 4.78 is 18.5. The largest absolute Gasteiger partial charge is 0.497 e. The summed E-state index contributed by atoms with van der Waals surface area (Å²) in [4.78, 5) is 13.1. The third-order valence-corrected chi connectivity index (χ3v) is 2.34. The van der Waals surface area contributed by atoms with E-state index >= 15 is 0 Å². The minimum absolute atomic E-state index is 0.0529. The van der Waals surface area contributed by atoms with E-state index in [1.54, 1.807) is 6.92 Å². The molecule has 0 aromatic heterocycles. The van der Waals surface area contributed by atoms with Crippen molar-refractivity contribution in [3.8, 4) is 11.8 Å². The second-order valence-electron chi connectivity index (χ2n) is 3.32. The van der Waals surface area contributed by atoms with Gasteiger partial charge in [0.25, 0.3) is 5.91 Å². The van der Waals surface area contributed by atoms with Crippen LogP contribution in [0.1, 0.15) is 17.3 Å². The predicted octanol–water partition coefficient (Wildman–Crippen LogP) is 1.82. The number of carbonyl (C=O) groups excluding carboxylic acids is 1. The fourth-order valence-corrected chi connectivity index (χ4v) is 1.38. The molecule has 1 amide bonds. The molecule has 17 heavy (non-hydrogen) atoms. The first kappa shape index (κ1) is 13.0. The smallest absolute Gasteiger partial charge is 0.257 e. The Morgan fingerprint density at radius 2 is 2.29 bits per heavy atom. The zero-order valence-electron chi connectivity index (χ0n) is 9.74. The maximum absolute atomic E-state index is 13.6. The first-order valence-electron chi connectivity index (χ1n) is 5.13. The van der Waals surface area contributed by atoms with E-state index in [0.717, 1.165) is 6.07 Å². The second-order valence-corrected chi connectivity index (χ2v) is 3.32. The average Bonchev–Trinajstić information content (AvgIpc) is 2.35. The Hall–Kier alpha value is -2.09. The summed E-state index contributed by atoms with van der Waals surface area (Å²) in [5.74, 6) is -0.790. The molecule has 0 aliphatic rings. The molecule has 0 saturated carbocycles. The molecule has 0 spiro atoms. The third-order valence-electron chi connectivity index (χ3n) is 2.34. The van der Waals surface area contributed by atoms with E-state index < -0.39 is 11.7 Å². The van der Waals surface area contributed by atoms with Crippen molar-refractivity contribution in [2.24, 2.45) is 0 Å². The van der Waals surface area contributed by atoms with Gasteiger partial charge in [0.2, 0.25) is 0 Å². The van der Waals surface area contributed by atoms with Gasteiger partial charge in [-0.15, -0.1) is 0 Å². The standard InChI is InChI=1S/C12H13FN2O2/c1-3-15(7-6-14)12(16)10-5-4-9(17-2)8-11(10)13/h4-5,8H,3,7H2,1-2H3. The van der Waals surface area contributed by atoms with Gasteiger partial charge in [-0.2, -0.15) is 5.26 Å². The number of halogens is 1. The summed E-state index contributed by atoms with van der Waals surface area (Å²) in [6.07, 6.45) is 0. The lowest BCUT2D eigenvalue weighted by Crippen LogP contribution is -2.31. The number of rotatable bonds is 4. The summed E-state index contributed by atoms with van der Waals surface area (Å²) in [5.41, 5.74) is -0.0529. The molecule has 0 N–H and O–H groups in total. The molecule has 0 saturated heterocycles. The lowest BCUT2D eigenvalue weighted by Gasteiger charge is -2.17. The van der Waals surface area contributed by atoms with E-state index in [4.69, 9.17) is 10.00 Å². The molecule has 0 bridgehead atoms. The number of benzene rings is 1. The predicted molar refractivity (Wildman–Crippen MR) is 60.1 cm³/mol. The maximum Gasteiger partial charge on any atom is 0.257 e. The van der Waals surface area contributed by atoms with Gasteiger partial charge in [0.1, 0.15) is 18.1 Å². The van der Waals surface area contributed by atoms with Crippen LogP contribution >= 0.6 is 0 Å². The zero-order valence-corrected chi connectivity index (χ0v) is 9.74. The van der Waals surface area contributed by atoms with Crippen LogP contribution in [0.4, 0.5) is 4.39 Å². The Morgan fingerprint density at radius 1 is 1.59 bits per heavy atom. The van der Waals surface area contributed by atoms with Gasteiger partial charge in [-0.3, -0.25) is 4.79 Å². The van der Waals surface area contributed by atoms with Crippen molar-refractivity contribution in [1.29, 1.82) is 5.26 Å². The highest BCUT2D eigenvalue weighted by Gasteiger charge is 2.18. The van der Waals surface area contributed by atoms with E-state index in [1.807, 2.05) is 6.07 Å². The Labute approximate surface area is 99.2 Å². The lowest BCUT2D eigenvalue weighted by molar-refractivity contribution is 0.0779. The average molecular weight is 236 g/mol. The van der Waals surface area contributed by atoms with E-state index in [0.29, 0.717) is 12.3 Å². The number of ether oxygens (including phenoxy) is 1. The minimum atomic E-state index is -0.647. The first-order valence-corrected chi connectivity index (χ1v) is 5.13. The van der Waals surface area contributed by atoms with Crippen LogP contribution in [0.15, 0.2) is 18.2 Å². The highest BCUT2D eigenvalue weighted by Crippen LogP contribution is 2.17. The Bertz CT molecular complexity index is 454. The van der Waals surface area contributed by atoms with Crippen molar-refractivity contribution in [1.82, 2.24) is 4.90 Å². The van der Waals surface area contributed by atoms with Crippen molar-refractivity contribution < 1.29 is 13.9 Å². The zero-order chi connectivity index (χ0) is 12.8.